The summed E-state index contributed by atoms with van der Waals surface area (Å²) in [5, 5.41) is 2.92. The summed E-state index contributed by atoms with van der Waals surface area (Å²) in [7, 11) is 1.91. The van der Waals surface area contributed by atoms with Crippen LogP contribution in [0, 0.1) is 13.8 Å². The largest absolute Gasteiger partial charge is 0.492 e. The lowest BCUT2D eigenvalue weighted by Gasteiger charge is -2.24. The molecule has 0 unspecified atom stereocenters. The van der Waals surface area contributed by atoms with Gasteiger partial charge in [-0.15, -0.1) is 0 Å². The summed E-state index contributed by atoms with van der Waals surface area (Å²) >= 11 is 0. The number of amides is 1. The van der Waals surface area contributed by atoms with Crippen molar-refractivity contribution in [3.63, 3.8) is 0 Å². The summed E-state index contributed by atoms with van der Waals surface area (Å²) in [4.78, 5) is 14.5. The highest BCUT2D eigenvalue weighted by molar-refractivity contribution is 5.94. The Morgan fingerprint density at radius 2 is 1.85 bits per heavy atom. The van der Waals surface area contributed by atoms with Crippen molar-refractivity contribution in [2.75, 3.05) is 32.3 Å². The average Bonchev–Trinajstić information content (AvgIpc) is 3.07. The summed E-state index contributed by atoms with van der Waals surface area (Å²) in [6.07, 6.45) is 0. The second kappa shape index (κ2) is 8.31. The van der Waals surface area contributed by atoms with Crippen LogP contribution < -0.4 is 19.5 Å². The Labute approximate surface area is 160 Å². The fourth-order valence-electron chi connectivity index (χ4n) is 2.94. The molecule has 2 aromatic rings. The van der Waals surface area contributed by atoms with Crippen LogP contribution in [0.3, 0.4) is 0 Å². The molecule has 6 nitrogen and oxygen atoms in total. The number of fused-ring (bicyclic) bond motifs is 1. The molecule has 1 amide bonds. The number of hydrogen-bond donors (Lipinski definition) is 1. The van der Waals surface area contributed by atoms with Crippen LogP contribution in [0.25, 0.3) is 0 Å². The van der Waals surface area contributed by atoms with E-state index in [0.717, 1.165) is 5.75 Å². The van der Waals surface area contributed by atoms with Crippen molar-refractivity contribution in [1.29, 1.82) is 0 Å². The van der Waals surface area contributed by atoms with E-state index in [2.05, 4.69) is 25.2 Å². The third kappa shape index (κ3) is 4.92. The zero-order valence-corrected chi connectivity index (χ0v) is 16.2. The van der Waals surface area contributed by atoms with Crippen LogP contribution in [0.1, 0.15) is 18.1 Å². The first kappa shape index (κ1) is 19.0. The van der Waals surface area contributed by atoms with E-state index in [1.807, 2.05) is 31.0 Å². The van der Waals surface area contributed by atoms with Crippen LogP contribution in [0.2, 0.25) is 0 Å². The van der Waals surface area contributed by atoms with Crippen molar-refractivity contribution in [3.8, 4) is 17.2 Å². The lowest BCUT2D eigenvalue weighted by atomic mass is 10.1. The molecule has 144 valence electrons. The summed E-state index contributed by atoms with van der Waals surface area (Å²) in [5.41, 5.74) is 3.04. The van der Waals surface area contributed by atoms with E-state index in [4.69, 9.17) is 14.2 Å². The lowest BCUT2D eigenvalue weighted by molar-refractivity contribution is -0.120. The molecule has 1 aliphatic rings. The first-order chi connectivity index (χ1) is 12.9. The first-order valence-corrected chi connectivity index (χ1v) is 9.04. The highest BCUT2D eigenvalue weighted by Gasteiger charge is 2.20. The first-order valence-electron chi connectivity index (χ1n) is 9.04. The van der Waals surface area contributed by atoms with Gasteiger partial charge in [0.2, 0.25) is 12.7 Å². The van der Waals surface area contributed by atoms with Gasteiger partial charge in [-0.05, 0) is 63.2 Å². The second-order valence-corrected chi connectivity index (χ2v) is 6.89. The molecule has 0 saturated carbocycles. The van der Waals surface area contributed by atoms with Gasteiger partial charge in [-0.2, -0.15) is 0 Å². The highest BCUT2D eigenvalue weighted by atomic mass is 16.7. The van der Waals surface area contributed by atoms with Crippen LogP contribution in [0.5, 0.6) is 17.2 Å². The minimum absolute atomic E-state index is 0.0808. The van der Waals surface area contributed by atoms with E-state index in [1.165, 1.54) is 11.1 Å². The predicted octanol–water partition coefficient (Wildman–Crippen LogP) is 3.37. The number of carbonyl (C=O) groups is 1. The molecular weight excluding hydrogens is 344 g/mol. The molecule has 0 fully saturated rings. The van der Waals surface area contributed by atoms with Crippen LogP contribution in [-0.2, 0) is 4.79 Å². The second-order valence-electron chi connectivity index (χ2n) is 6.89. The van der Waals surface area contributed by atoms with Crippen LogP contribution in [0.15, 0.2) is 36.4 Å². The van der Waals surface area contributed by atoms with Crippen molar-refractivity contribution in [2.45, 2.75) is 26.8 Å². The third-order valence-corrected chi connectivity index (χ3v) is 4.59. The van der Waals surface area contributed by atoms with Crippen LogP contribution >= 0.6 is 0 Å². The van der Waals surface area contributed by atoms with E-state index in [1.54, 1.807) is 18.2 Å². The summed E-state index contributed by atoms with van der Waals surface area (Å²) < 4.78 is 16.5. The quantitative estimate of drug-likeness (QED) is 0.810. The molecule has 0 saturated heterocycles. The van der Waals surface area contributed by atoms with Gasteiger partial charge in [-0.1, -0.05) is 6.07 Å². The van der Waals surface area contributed by atoms with E-state index in [0.29, 0.717) is 30.3 Å². The maximum atomic E-state index is 12.5. The number of hydrogen-bond acceptors (Lipinski definition) is 5. The van der Waals surface area contributed by atoms with Gasteiger partial charge < -0.3 is 19.5 Å². The van der Waals surface area contributed by atoms with Crippen molar-refractivity contribution in [3.05, 3.63) is 47.5 Å². The minimum atomic E-state index is -0.293. The van der Waals surface area contributed by atoms with E-state index < -0.39 is 0 Å². The molecule has 0 aliphatic carbocycles. The maximum Gasteiger partial charge on any atom is 0.241 e. The van der Waals surface area contributed by atoms with E-state index in [9.17, 15) is 4.79 Å². The number of nitrogens with one attached hydrogen (secondary N) is 1. The van der Waals surface area contributed by atoms with E-state index in [-0.39, 0.29) is 18.7 Å². The Hall–Kier alpha value is -2.73. The van der Waals surface area contributed by atoms with Crippen molar-refractivity contribution < 1.29 is 19.0 Å². The number of benzene rings is 2. The molecule has 2 aromatic carbocycles. The van der Waals surface area contributed by atoms with Crippen LogP contribution in [0.4, 0.5) is 5.69 Å². The zero-order chi connectivity index (χ0) is 19.4. The molecule has 3 rings (SSSR count). The predicted molar refractivity (Wildman–Crippen MR) is 105 cm³/mol. The fraction of sp³-hybridized carbons (Fsp3) is 0.381. The number of carbonyl (C=O) groups excluding carboxylic acids is 1. The van der Waals surface area contributed by atoms with Crippen LogP contribution in [-0.4, -0.2) is 43.8 Å². The molecule has 0 aromatic heterocycles. The van der Waals surface area contributed by atoms with Gasteiger partial charge in [0.15, 0.2) is 11.5 Å². The fourth-order valence-corrected chi connectivity index (χ4v) is 2.94. The number of nitrogens with zero attached hydrogens (tertiary/aromatic N) is 1. The van der Waals surface area contributed by atoms with Crippen molar-refractivity contribution >= 4 is 11.6 Å². The van der Waals surface area contributed by atoms with Crippen molar-refractivity contribution in [2.24, 2.45) is 0 Å². The van der Waals surface area contributed by atoms with Gasteiger partial charge >= 0.3 is 0 Å². The Kier molecular flexibility index (Phi) is 5.86. The Morgan fingerprint density at radius 3 is 2.59 bits per heavy atom. The molecule has 0 radical (unpaired) electrons. The van der Waals surface area contributed by atoms with Gasteiger partial charge in [0.25, 0.3) is 0 Å². The molecular formula is C21H26N2O4. The number of aryl methyl sites for hydroxylation is 2. The Bertz CT molecular complexity index is 802. The van der Waals surface area contributed by atoms with Gasteiger partial charge in [0, 0.05) is 18.3 Å². The number of likely N-dealkylation sites (N-methyl/N-ethyl adjacent to an activating group) is 1. The van der Waals surface area contributed by atoms with Gasteiger partial charge in [0.05, 0.1) is 6.04 Å². The monoisotopic (exact) mass is 370 g/mol. The lowest BCUT2D eigenvalue weighted by Crippen LogP contribution is -2.41. The number of ether oxygens (including phenoxy) is 3. The summed E-state index contributed by atoms with van der Waals surface area (Å²) in [6, 6.07) is 11.2. The number of rotatable bonds is 7. The molecule has 0 spiro atoms. The van der Waals surface area contributed by atoms with Gasteiger partial charge in [-0.25, -0.2) is 0 Å². The molecule has 1 atom stereocenters. The third-order valence-electron chi connectivity index (χ3n) is 4.59. The molecule has 0 bridgehead atoms. The van der Waals surface area contributed by atoms with Crippen molar-refractivity contribution in [1.82, 2.24) is 4.90 Å². The molecule has 1 heterocycles. The minimum Gasteiger partial charge on any atom is -0.492 e. The zero-order valence-electron chi connectivity index (χ0n) is 16.2. The summed E-state index contributed by atoms with van der Waals surface area (Å²) in [5.74, 6) is 2.12. The van der Waals surface area contributed by atoms with Gasteiger partial charge in [-0.3, -0.25) is 9.69 Å². The molecule has 6 heteroatoms. The molecule has 1 N–H and O–H groups in total. The maximum absolute atomic E-state index is 12.5. The Morgan fingerprint density at radius 1 is 1.15 bits per heavy atom. The van der Waals surface area contributed by atoms with E-state index >= 15 is 0 Å². The SMILES string of the molecule is Cc1cc(C)cc(OCCN(C)[C@@H](C)C(=O)Nc2ccc3c(c2)OCO3)c1. The van der Waals surface area contributed by atoms with Gasteiger partial charge in [0.1, 0.15) is 12.4 Å². The normalized spacial score (nSPS) is 13.5. The average molecular weight is 370 g/mol. The standard InChI is InChI=1S/C21H26N2O4/c1-14-9-15(2)11-18(10-14)25-8-7-23(4)16(3)21(24)22-17-5-6-19-20(12-17)27-13-26-19/h5-6,9-12,16H,7-8,13H2,1-4H3,(H,22,24)/t16-/m0/s1. The Balaban J connectivity index is 1.49. The summed E-state index contributed by atoms with van der Waals surface area (Å²) in [6.45, 7) is 7.35. The highest BCUT2D eigenvalue weighted by Crippen LogP contribution is 2.34. The topological polar surface area (TPSA) is 60.0 Å². The molecule has 1 aliphatic heterocycles. The smallest absolute Gasteiger partial charge is 0.241 e. The molecule has 27 heavy (non-hydrogen) atoms. The number of anilines is 1.